The molecule has 2 unspecified atom stereocenters. The normalized spacial score (nSPS) is 12.8. The van der Waals surface area contributed by atoms with Crippen LogP contribution in [0.2, 0.25) is 0 Å². The fraction of sp³-hybridized carbons (Fsp3) is 0.889. The second-order valence-corrected chi connectivity index (χ2v) is 18.2. The summed E-state index contributed by atoms with van der Waals surface area (Å²) in [6.07, 6.45) is 59.1. The molecule has 6 heteroatoms. The largest absolute Gasteiger partial charge is 0.466 e. The summed E-state index contributed by atoms with van der Waals surface area (Å²) in [5.41, 5.74) is 0. The number of carbonyl (C=O) groups excluding carboxylic acids is 2. The Kier molecular flexibility index (Phi) is 48.6. The fourth-order valence-corrected chi connectivity index (χ4v) is 8.10. The van der Waals surface area contributed by atoms with Gasteiger partial charge in [-0.25, -0.2) is 0 Å². The van der Waals surface area contributed by atoms with E-state index in [0.29, 0.717) is 19.4 Å². The van der Waals surface area contributed by atoms with Crippen LogP contribution in [0.1, 0.15) is 284 Å². The second kappa shape index (κ2) is 50.0. The van der Waals surface area contributed by atoms with Gasteiger partial charge in [0.05, 0.1) is 25.4 Å². The van der Waals surface area contributed by atoms with Gasteiger partial charge in [0.25, 0.3) is 0 Å². The zero-order valence-corrected chi connectivity index (χ0v) is 40.2. The summed E-state index contributed by atoms with van der Waals surface area (Å²) < 4.78 is 5.48. The van der Waals surface area contributed by atoms with E-state index < -0.39 is 12.1 Å². The summed E-state index contributed by atoms with van der Waals surface area (Å²) in [6.45, 7) is 4.86. The number of rotatable bonds is 49. The number of amides is 1. The summed E-state index contributed by atoms with van der Waals surface area (Å²) in [5.74, 6) is -0.0800. The second-order valence-electron chi connectivity index (χ2n) is 18.2. The van der Waals surface area contributed by atoms with Gasteiger partial charge in [0.1, 0.15) is 0 Å². The molecule has 0 rings (SSSR count). The Morgan fingerprint density at radius 2 is 0.783 bits per heavy atom. The Hall–Kier alpha value is -1.66. The quantitative estimate of drug-likeness (QED) is 0.0322. The monoisotopic (exact) mass is 846 g/mol. The molecule has 0 spiro atoms. The van der Waals surface area contributed by atoms with Crippen LogP contribution in [0.25, 0.3) is 0 Å². The maximum absolute atomic E-state index is 12.4. The Bertz CT molecular complexity index is 935. The van der Waals surface area contributed by atoms with E-state index in [0.717, 1.165) is 57.8 Å². The van der Waals surface area contributed by atoms with Crippen LogP contribution < -0.4 is 5.32 Å². The van der Waals surface area contributed by atoms with Gasteiger partial charge in [-0.15, -0.1) is 0 Å². The molecular weight excluding hydrogens is 743 g/mol. The molecule has 2 atom stereocenters. The van der Waals surface area contributed by atoms with Gasteiger partial charge in [0, 0.05) is 12.8 Å². The predicted molar refractivity (Wildman–Crippen MR) is 260 cm³/mol. The zero-order valence-electron chi connectivity index (χ0n) is 40.2. The van der Waals surface area contributed by atoms with Gasteiger partial charge >= 0.3 is 5.97 Å². The molecular formula is C54H103NO5. The number of allylic oxidation sites excluding steroid dienone is 3. The number of ether oxygens (including phenoxy) is 1. The third kappa shape index (κ3) is 45.9. The Labute approximate surface area is 373 Å². The SMILES string of the molecule is CCCCCCCCC/C=C/C(O)C(CO)NC(=O)CCCCCCC/C=C\CCCCCCCCCCCOC(=O)CCCCCCCCCCCCCCCCCC. The van der Waals surface area contributed by atoms with E-state index in [4.69, 9.17) is 4.74 Å². The first-order valence-corrected chi connectivity index (χ1v) is 26.6. The van der Waals surface area contributed by atoms with Crippen LogP contribution in [0.5, 0.6) is 0 Å². The van der Waals surface area contributed by atoms with Crippen molar-refractivity contribution in [2.45, 2.75) is 296 Å². The average molecular weight is 846 g/mol. The molecule has 0 aliphatic heterocycles. The Morgan fingerprint density at radius 3 is 1.18 bits per heavy atom. The highest BCUT2D eigenvalue weighted by Crippen LogP contribution is 2.16. The van der Waals surface area contributed by atoms with Gasteiger partial charge < -0.3 is 20.3 Å². The first-order chi connectivity index (χ1) is 29.5. The van der Waals surface area contributed by atoms with Gasteiger partial charge in [-0.2, -0.15) is 0 Å². The van der Waals surface area contributed by atoms with Gasteiger partial charge in [-0.05, 0) is 57.8 Å². The van der Waals surface area contributed by atoms with Crippen molar-refractivity contribution in [3.8, 4) is 0 Å². The van der Waals surface area contributed by atoms with Crippen molar-refractivity contribution in [3.63, 3.8) is 0 Å². The molecule has 354 valence electrons. The molecule has 0 fully saturated rings. The minimum atomic E-state index is -0.850. The van der Waals surface area contributed by atoms with Crippen LogP contribution in [0.15, 0.2) is 24.3 Å². The number of unbranched alkanes of at least 4 members (excludes halogenated alkanes) is 36. The molecule has 0 aliphatic rings. The summed E-state index contributed by atoms with van der Waals surface area (Å²) in [7, 11) is 0. The minimum absolute atomic E-state index is 0.00504. The third-order valence-electron chi connectivity index (χ3n) is 12.2. The molecule has 0 radical (unpaired) electrons. The van der Waals surface area contributed by atoms with Gasteiger partial charge in [0.2, 0.25) is 5.91 Å². The molecule has 3 N–H and O–H groups in total. The van der Waals surface area contributed by atoms with E-state index in [-0.39, 0.29) is 18.5 Å². The molecule has 0 aliphatic carbocycles. The number of hydrogen-bond acceptors (Lipinski definition) is 5. The summed E-state index contributed by atoms with van der Waals surface area (Å²) >= 11 is 0. The van der Waals surface area contributed by atoms with Gasteiger partial charge in [-0.1, -0.05) is 237 Å². The summed E-state index contributed by atoms with van der Waals surface area (Å²) in [5, 5.41) is 22.9. The first-order valence-electron chi connectivity index (χ1n) is 26.6. The molecule has 0 aromatic heterocycles. The Morgan fingerprint density at radius 1 is 0.450 bits per heavy atom. The van der Waals surface area contributed by atoms with E-state index in [1.165, 1.54) is 199 Å². The maximum atomic E-state index is 12.4. The average Bonchev–Trinajstić information content (AvgIpc) is 3.25. The zero-order chi connectivity index (χ0) is 43.7. The van der Waals surface area contributed by atoms with E-state index in [1.807, 2.05) is 6.08 Å². The van der Waals surface area contributed by atoms with E-state index in [9.17, 15) is 19.8 Å². The van der Waals surface area contributed by atoms with Crippen LogP contribution in [-0.4, -0.2) is 47.4 Å². The van der Waals surface area contributed by atoms with Crippen molar-refractivity contribution in [1.29, 1.82) is 0 Å². The minimum Gasteiger partial charge on any atom is -0.466 e. The lowest BCUT2D eigenvalue weighted by molar-refractivity contribution is -0.143. The number of nitrogens with one attached hydrogen (secondary N) is 1. The summed E-state index contributed by atoms with van der Waals surface area (Å²) in [4.78, 5) is 24.4. The lowest BCUT2D eigenvalue weighted by Crippen LogP contribution is -2.45. The molecule has 0 heterocycles. The van der Waals surface area contributed by atoms with Gasteiger partial charge in [0.15, 0.2) is 0 Å². The lowest BCUT2D eigenvalue weighted by Gasteiger charge is -2.20. The molecule has 6 nitrogen and oxygen atoms in total. The first kappa shape index (κ1) is 58.3. The molecule has 0 saturated carbocycles. The molecule has 0 saturated heterocycles. The highest BCUT2D eigenvalue weighted by atomic mass is 16.5. The van der Waals surface area contributed by atoms with Crippen LogP contribution in [-0.2, 0) is 14.3 Å². The number of aliphatic hydroxyl groups excluding tert-OH is 2. The molecule has 0 aromatic rings. The predicted octanol–water partition coefficient (Wildman–Crippen LogP) is 15.9. The smallest absolute Gasteiger partial charge is 0.305 e. The molecule has 1 amide bonds. The standard InChI is InChI=1S/C54H103NO5/c1-3-5-7-9-11-13-14-15-16-22-25-28-32-36-40-44-48-54(59)60-49-45-41-37-33-29-26-23-20-18-17-19-21-24-27-31-35-39-43-47-53(58)55-51(50-56)52(57)46-42-38-34-30-12-10-8-6-4-2/h19,21,42,46,51-52,56-57H,3-18,20,22-41,43-45,47-50H2,1-2H3,(H,55,58)/b21-19-,46-42+. The topological polar surface area (TPSA) is 95.9 Å². The van der Waals surface area contributed by atoms with Crippen molar-refractivity contribution >= 4 is 11.9 Å². The van der Waals surface area contributed by atoms with Crippen molar-refractivity contribution in [1.82, 2.24) is 5.32 Å². The van der Waals surface area contributed by atoms with Crippen LogP contribution in [0, 0.1) is 0 Å². The number of carbonyl (C=O) groups is 2. The van der Waals surface area contributed by atoms with Gasteiger partial charge in [-0.3, -0.25) is 9.59 Å². The van der Waals surface area contributed by atoms with Crippen LogP contribution in [0.3, 0.4) is 0 Å². The van der Waals surface area contributed by atoms with Crippen molar-refractivity contribution < 1.29 is 24.5 Å². The van der Waals surface area contributed by atoms with E-state index >= 15 is 0 Å². The number of hydrogen-bond donors (Lipinski definition) is 3. The van der Waals surface area contributed by atoms with Crippen LogP contribution in [0.4, 0.5) is 0 Å². The van der Waals surface area contributed by atoms with Crippen molar-refractivity contribution in [2.75, 3.05) is 13.2 Å². The van der Waals surface area contributed by atoms with Crippen molar-refractivity contribution in [2.24, 2.45) is 0 Å². The number of esters is 1. The van der Waals surface area contributed by atoms with Crippen molar-refractivity contribution in [3.05, 3.63) is 24.3 Å². The molecule has 60 heavy (non-hydrogen) atoms. The maximum Gasteiger partial charge on any atom is 0.305 e. The number of aliphatic hydroxyl groups is 2. The summed E-state index contributed by atoms with van der Waals surface area (Å²) in [6, 6.07) is -0.635. The highest BCUT2D eigenvalue weighted by Gasteiger charge is 2.18. The fourth-order valence-electron chi connectivity index (χ4n) is 8.10. The molecule has 0 bridgehead atoms. The van der Waals surface area contributed by atoms with E-state index in [2.05, 4.69) is 31.3 Å². The third-order valence-corrected chi connectivity index (χ3v) is 12.2. The highest BCUT2D eigenvalue weighted by molar-refractivity contribution is 5.76. The Balaban J connectivity index is 3.42. The van der Waals surface area contributed by atoms with Crippen LogP contribution >= 0.6 is 0 Å². The van der Waals surface area contributed by atoms with E-state index in [1.54, 1.807) is 6.08 Å². The lowest BCUT2D eigenvalue weighted by atomic mass is 10.0. The molecule has 0 aromatic carbocycles.